The van der Waals surface area contributed by atoms with Gasteiger partial charge in [-0.1, -0.05) is 18.2 Å². The van der Waals surface area contributed by atoms with Crippen molar-refractivity contribution in [1.82, 2.24) is 0 Å². The van der Waals surface area contributed by atoms with Crippen molar-refractivity contribution in [1.29, 1.82) is 0 Å². The van der Waals surface area contributed by atoms with E-state index in [0.29, 0.717) is 17.9 Å². The third-order valence-corrected chi connectivity index (χ3v) is 3.38. The number of nitrogens with two attached hydrogens (primary N) is 1. The lowest BCUT2D eigenvalue weighted by Crippen LogP contribution is -2.03. The van der Waals surface area contributed by atoms with Crippen LogP contribution in [0.5, 0.6) is 0 Å². The van der Waals surface area contributed by atoms with E-state index in [1.54, 1.807) is 6.07 Å². The molecule has 0 fully saturated rings. The number of non-ortho nitro benzene ring substituents is 1. The van der Waals surface area contributed by atoms with Gasteiger partial charge >= 0.3 is 0 Å². The number of benzene rings is 2. The van der Waals surface area contributed by atoms with Gasteiger partial charge in [-0.2, -0.15) is 0 Å². The maximum atomic E-state index is 10.7. The molecule has 0 radical (unpaired) electrons. The molecule has 0 bridgehead atoms. The standard InChI is InChI=1S/C13H12BrN3O2/c14-11-6-5-10(17(18)19)7-13(11)16-8-9-3-1-2-4-12(9)15/h1-7,16H,8,15H2. The van der Waals surface area contributed by atoms with Crippen LogP contribution < -0.4 is 11.1 Å². The van der Waals surface area contributed by atoms with E-state index in [1.807, 2.05) is 24.3 Å². The topological polar surface area (TPSA) is 81.2 Å². The summed E-state index contributed by atoms with van der Waals surface area (Å²) in [6.45, 7) is 0.506. The maximum absolute atomic E-state index is 10.7. The van der Waals surface area contributed by atoms with Crippen LogP contribution in [0, 0.1) is 10.1 Å². The molecule has 2 aromatic rings. The second kappa shape index (κ2) is 5.71. The zero-order chi connectivity index (χ0) is 13.8. The van der Waals surface area contributed by atoms with E-state index in [4.69, 9.17) is 5.73 Å². The van der Waals surface area contributed by atoms with Gasteiger partial charge in [0.15, 0.2) is 0 Å². The average Bonchev–Trinajstić information content (AvgIpc) is 2.39. The highest BCUT2D eigenvalue weighted by Crippen LogP contribution is 2.27. The van der Waals surface area contributed by atoms with Crippen LogP contribution in [0.25, 0.3) is 0 Å². The quantitative estimate of drug-likeness (QED) is 0.512. The Morgan fingerprint density at radius 1 is 1.26 bits per heavy atom. The van der Waals surface area contributed by atoms with Gasteiger partial charge in [-0.05, 0) is 33.6 Å². The molecule has 3 N–H and O–H groups in total. The first-order chi connectivity index (χ1) is 9.08. The third kappa shape index (κ3) is 3.23. The molecule has 0 saturated carbocycles. The Bertz CT molecular complexity index is 617. The summed E-state index contributed by atoms with van der Waals surface area (Å²) in [6.07, 6.45) is 0. The molecule has 2 aromatic carbocycles. The van der Waals surface area contributed by atoms with Gasteiger partial charge in [0.05, 0.1) is 10.6 Å². The highest BCUT2D eigenvalue weighted by atomic mass is 79.9. The van der Waals surface area contributed by atoms with Crippen molar-refractivity contribution in [2.75, 3.05) is 11.1 Å². The first-order valence-electron chi connectivity index (χ1n) is 5.59. The minimum Gasteiger partial charge on any atom is -0.398 e. The highest BCUT2D eigenvalue weighted by molar-refractivity contribution is 9.10. The molecule has 0 heterocycles. The Balaban J connectivity index is 2.17. The van der Waals surface area contributed by atoms with E-state index in [0.717, 1.165) is 10.0 Å². The van der Waals surface area contributed by atoms with E-state index < -0.39 is 4.92 Å². The molecule has 0 aromatic heterocycles. The molecule has 0 aliphatic heterocycles. The molecule has 0 aliphatic rings. The number of nitro groups is 1. The predicted octanol–water partition coefficient (Wildman–Crippen LogP) is 3.55. The molecule has 0 atom stereocenters. The van der Waals surface area contributed by atoms with Crippen LogP contribution in [-0.2, 0) is 6.54 Å². The molecule has 0 saturated heterocycles. The Morgan fingerprint density at radius 3 is 2.68 bits per heavy atom. The number of nitro benzene ring substituents is 1. The van der Waals surface area contributed by atoms with Gasteiger partial charge in [-0.15, -0.1) is 0 Å². The number of nitrogens with zero attached hydrogens (tertiary/aromatic N) is 1. The van der Waals surface area contributed by atoms with Gasteiger partial charge in [0, 0.05) is 28.8 Å². The number of hydrogen-bond donors (Lipinski definition) is 2. The number of nitrogens with one attached hydrogen (secondary N) is 1. The second-order valence-electron chi connectivity index (χ2n) is 3.97. The molecule has 6 heteroatoms. The molecule has 0 unspecified atom stereocenters. The average molecular weight is 322 g/mol. The minimum absolute atomic E-state index is 0.0479. The fourth-order valence-corrected chi connectivity index (χ4v) is 2.03. The highest BCUT2D eigenvalue weighted by Gasteiger charge is 2.09. The Labute approximate surface area is 118 Å². The van der Waals surface area contributed by atoms with Crippen LogP contribution in [0.15, 0.2) is 46.9 Å². The first kappa shape index (κ1) is 13.4. The Morgan fingerprint density at radius 2 is 2.00 bits per heavy atom. The number of halogens is 1. The van der Waals surface area contributed by atoms with E-state index in [9.17, 15) is 10.1 Å². The van der Waals surface area contributed by atoms with Crippen LogP contribution in [-0.4, -0.2) is 4.92 Å². The van der Waals surface area contributed by atoms with Crippen molar-refractivity contribution < 1.29 is 4.92 Å². The fourth-order valence-electron chi connectivity index (χ4n) is 1.65. The van der Waals surface area contributed by atoms with Crippen LogP contribution in [0.3, 0.4) is 0 Å². The largest absolute Gasteiger partial charge is 0.398 e. The summed E-state index contributed by atoms with van der Waals surface area (Å²) in [7, 11) is 0. The molecule has 19 heavy (non-hydrogen) atoms. The van der Waals surface area contributed by atoms with Crippen molar-refractivity contribution in [3.8, 4) is 0 Å². The summed E-state index contributed by atoms with van der Waals surface area (Å²) >= 11 is 3.36. The number of anilines is 2. The SMILES string of the molecule is Nc1ccccc1CNc1cc([N+](=O)[O-])ccc1Br. The van der Waals surface area contributed by atoms with Crippen molar-refractivity contribution in [2.45, 2.75) is 6.54 Å². The van der Waals surface area contributed by atoms with Crippen molar-refractivity contribution in [3.63, 3.8) is 0 Å². The second-order valence-corrected chi connectivity index (χ2v) is 4.83. The van der Waals surface area contributed by atoms with E-state index in [2.05, 4.69) is 21.2 Å². The molecular formula is C13H12BrN3O2. The number of rotatable bonds is 4. The third-order valence-electron chi connectivity index (χ3n) is 2.69. The van der Waals surface area contributed by atoms with E-state index >= 15 is 0 Å². The molecule has 2 rings (SSSR count). The van der Waals surface area contributed by atoms with Gasteiger partial charge in [0.2, 0.25) is 0 Å². The number of para-hydroxylation sites is 1. The molecule has 5 nitrogen and oxygen atoms in total. The Hall–Kier alpha value is -2.08. The van der Waals surface area contributed by atoms with E-state index in [-0.39, 0.29) is 5.69 Å². The summed E-state index contributed by atoms with van der Waals surface area (Å²) in [4.78, 5) is 10.3. The lowest BCUT2D eigenvalue weighted by Gasteiger charge is -2.10. The first-order valence-corrected chi connectivity index (χ1v) is 6.38. The molecule has 0 aliphatic carbocycles. The van der Waals surface area contributed by atoms with Crippen LogP contribution in [0.2, 0.25) is 0 Å². The molecular weight excluding hydrogens is 310 g/mol. The normalized spacial score (nSPS) is 10.2. The molecule has 0 spiro atoms. The lowest BCUT2D eigenvalue weighted by molar-refractivity contribution is -0.384. The summed E-state index contributed by atoms with van der Waals surface area (Å²) in [5.74, 6) is 0. The smallest absolute Gasteiger partial charge is 0.271 e. The van der Waals surface area contributed by atoms with Crippen LogP contribution >= 0.6 is 15.9 Å². The zero-order valence-electron chi connectivity index (χ0n) is 9.97. The van der Waals surface area contributed by atoms with Gasteiger partial charge in [-0.3, -0.25) is 10.1 Å². The Kier molecular flexibility index (Phi) is 4.01. The van der Waals surface area contributed by atoms with Crippen molar-refractivity contribution in [2.24, 2.45) is 0 Å². The van der Waals surface area contributed by atoms with Crippen molar-refractivity contribution >= 4 is 33.0 Å². The monoisotopic (exact) mass is 321 g/mol. The maximum Gasteiger partial charge on any atom is 0.271 e. The fraction of sp³-hybridized carbons (Fsp3) is 0.0769. The van der Waals surface area contributed by atoms with Gasteiger partial charge in [-0.25, -0.2) is 0 Å². The predicted molar refractivity (Wildman–Crippen MR) is 79.0 cm³/mol. The minimum atomic E-state index is -0.422. The summed E-state index contributed by atoms with van der Waals surface area (Å²) in [5.41, 5.74) is 8.19. The summed E-state index contributed by atoms with van der Waals surface area (Å²) in [5, 5.41) is 13.9. The summed E-state index contributed by atoms with van der Waals surface area (Å²) < 4.78 is 0.771. The van der Waals surface area contributed by atoms with E-state index in [1.165, 1.54) is 12.1 Å². The van der Waals surface area contributed by atoms with Gasteiger partial charge in [0.25, 0.3) is 5.69 Å². The van der Waals surface area contributed by atoms with Gasteiger partial charge < -0.3 is 11.1 Å². The van der Waals surface area contributed by atoms with Crippen molar-refractivity contribution in [3.05, 3.63) is 62.6 Å². The molecule has 98 valence electrons. The summed E-state index contributed by atoms with van der Waals surface area (Å²) in [6, 6.07) is 12.1. The van der Waals surface area contributed by atoms with Crippen LogP contribution in [0.4, 0.5) is 17.1 Å². The number of hydrogen-bond acceptors (Lipinski definition) is 4. The van der Waals surface area contributed by atoms with Crippen LogP contribution in [0.1, 0.15) is 5.56 Å². The lowest BCUT2D eigenvalue weighted by atomic mass is 10.2. The molecule has 0 amide bonds. The zero-order valence-corrected chi connectivity index (χ0v) is 11.6. The number of nitrogen functional groups attached to an aromatic ring is 1. The van der Waals surface area contributed by atoms with Gasteiger partial charge in [0.1, 0.15) is 0 Å².